The van der Waals surface area contributed by atoms with Crippen molar-refractivity contribution in [3.63, 3.8) is 0 Å². The fourth-order valence-electron chi connectivity index (χ4n) is 3.51. The van der Waals surface area contributed by atoms with E-state index in [1.807, 2.05) is 0 Å². The molecule has 0 saturated carbocycles. The molecule has 1 aromatic rings. The Morgan fingerprint density at radius 1 is 1.40 bits per heavy atom. The average Bonchev–Trinajstić information content (AvgIpc) is 2.91. The highest BCUT2D eigenvalue weighted by atomic mass is 35.5. The van der Waals surface area contributed by atoms with E-state index in [0.717, 1.165) is 36.9 Å². The van der Waals surface area contributed by atoms with Gasteiger partial charge in [-0.3, -0.25) is 4.90 Å². The molecule has 1 unspecified atom stereocenters. The molecular weight excluding hydrogens is 272 g/mol. The molecule has 0 amide bonds. The van der Waals surface area contributed by atoms with Crippen LogP contribution in [0, 0.1) is 6.92 Å². The first-order chi connectivity index (χ1) is 9.68. The van der Waals surface area contributed by atoms with Crippen LogP contribution in [-0.4, -0.2) is 43.3 Å². The molecule has 3 nitrogen and oxygen atoms in total. The van der Waals surface area contributed by atoms with Gasteiger partial charge in [0.25, 0.3) is 0 Å². The van der Waals surface area contributed by atoms with Gasteiger partial charge in [-0.15, -0.1) is 0 Å². The molecule has 3 rings (SSSR count). The lowest BCUT2D eigenvalue weighted by molar-refractivity contribution is -0.0244. The number of benzene rings is 1. The minimum atomic E-state index is 0.336. The third-order valence-electron chi connectivity index (χ3n) is 4.59. The maximum atomic E-state index is 6.53. The summed E-state index contributed by atoms with van der Waals surface area (Å²) in [7, 11) is 0. The second kappa shape index (κ2) is 6.02. The predicted molar refractivity (Wildman–Crippen MR) is 82.3 cm³/mol. The molecule has 1 N–H and O–H groups in total. The van der Waals surface area contributed by atoms with Crippen molar-refractivity contribution in [2.45, 2.75) is 38.4 Å². The molecule has 0 bridgehead atoms. The first-order valence-corrected chi connectivity index (χ1v) is 7.88. The number of ether oxygens (including phenoxy) is 1. The molecule has 20 heavy (non-hydrogen) atoms. The lowest BCUT2D eigenvalue weighted by Crippen LogP contribution is -2.50. The van der Waals surface area contributed by atoms with Gasteiger partial charge in [0, 0.05) is 29.7 Å². The van der Waals surface area contributed by atoms with Gasteiger partial charge in [0.2, 0.25) is 0 Å². The molecule has 110 valence electrons. The van der Waals surface area contributed by atoms with Gasteiger partial charge >= 0.3 is 0 Å². The first kappa shape index (κ1) is 14.3. The molecule has 2 aliphatic heterocycles. The van der Waals surface area contributed by atoms with Crippen LogP contribution in [0.15, 0.2) is 18.2 Å². The van der Waals surface area contributed by atoms with Gasteiger partial charge < -0.3 is 10.1 Å². The van der Waals surface area contributed by atoms with Crippen molar-refractivity contribution in [1.82, 2.24) is 10.2 Å². The van der Waals surface area contributed by atoms with Gasteiger partial charge in [-0.05, 0) is 37.9 Å². The highest BCUT2D eigenvalue weighted by Gasteiger charge is 2.37. The van der Waals surface area contributed by atoms with Crippen LogP contribution in [0.5, 0.6) is 0 Å². The summed E-state index contributed by atoms with van der Waals surface area (Å²) < 4.78 is 5.57. The van der Waals surface area contributed by atoms with Crippen LogP contribution in [-0.2, 0) is 4.74 Å². The molecule has 2 saturated heterocycles. The standard InChI is InChI=1S/C16H23ClN2O/c1-11-4-3-5-13(15(11)17)16-14(6-7-18-16)19-8-9-20-10-12(19)2/h3-5,12,14,16,18H,6-10H2,1-2H3/t12?,14-,16-/m1/s1. The summed E-state index contributed by atoms with van der Waals surface area (Å²) in [6, 6.07) is 7.69. The monoisotopic (exact) mass is 294 g/mol. The lowest BCUT2D eigenvalue weighted by atomic mass is 9.96. The van der Waals surface area contributed by atoms with Crippen molar-refractivity contribution in [1.29, 1.82) is 0 Å². The summed E-state index contributed by atoms with van der Waals surface area (Å²) in [5.74, 6) is 0. The first-order valence-electron chi connectivity index (χ1n) is 7.50. The largest absolute Gasteiger partial charge is 0.379 e. The van der Waals surface area contributed by atoms with Crippen LogP contribution in [0.3, 0.4) is 0 Å². The molecular formula is C16H23ClN2O. The normalized spacial score (nSPS) is 31.6. The van der Waals surface area contributed by atoms with E-state index in [9.17, 15) is 0 Å². The Labute approximate surface area is 126 Å². The molecule has 0 radical (unpaired) electrons. The summed E-state index contributed by atoms with van der Waals surface area (Å²) in [5, 5.41) is 4.56. The van der Waals surface area contributed by atoms with Crippen LogP contribution in [0.1, 0.15) is 30.5 Å². The van der Waals surface area contributed by atoms with Crippen LogP contribution in [0.25, 0.3) is 0 Å². The molecule has 2 heterocycles. The predicted octanol–water partition coefficient (Wildman–Crippen LogP) is 2.77. The van der Waals surface area contributed by atoms with Crippen molar-refractivity contribution in [3.8, 4) is 0 Å². The number of nitrogens with one attached hydrogen (secondary N) is 1. The smallest absolute Gasteiger partial charge is 0.0619 e. The van der Waals surface area contributed by atoms with E-state index in [1.165, 1.54) is 12.0 Å². The number of morpholine rings is 1. The van der Waals surface area contributed by atoms with Gasteiger partial charge in [0.05, 0.1) is 13.2 Å². The quantitative estimate of drug-likeness (QED) is 0.908. The highest BCUT2D eigenvalue weighted by molar-refractivity contribution is 6.32. The highest BCUT2D eigenvalue weighted by Crippen LogP contribution is 2.35. The molecule has 1 aromatic carbocycles. The maximum absolute atomic E-state index is 6.53. The summed E-state index contributed by atoms with van der Waals surface area (Å²) in [6.45, 7) is 8.09. The number of hydrogen-bond acceptors (Lipinski definition) is 3. The number of aryl methyl sites for hydroxylation is 1. The zero-order chi connectivity index (χ0) is 14.1. The van der Waals surface area contributed by atoms with Gasteiger partial charge in [-0.2, -0.15) is 0 Å². The Kier molecular flexibility index (Phi) is 4.32. The molecule has 3 atom stereocenters. The molecule has 2 fully saturated rings. The second-order valence-electron chi connectivity index (χ2n) is 5.93. The minimum Gasteiger partial charge on any atom is -0.379 e. The van der Waals surface area contributed by atoms with Crippen LogP contribution in [0.2, 0.25) is 5.02 Å². The van der Waals surface area contributed by atoms with Crippen molar-refractivity contribution in [3.05, 3.63) is 34.3 Å². The van der Waals surface area contributed by atoms with E-state index in [0.29, 0.717) is 18.1 Å². The van der Waals surface area contributed by atoms with Crippen LogP contribution in [0.4, 0.5) is 0 Å². The number of nitrogens with zero attached hydrogens (tertiary/aromatic N) is 1. The Morgan fingerprint density at radius 2 is 2.25 bits per heavy atom. The van der Waals surface area contributed by atoms with Crippen molar-refractivity contribution < 1.29 is 4.74 Å². The number of hydrogen-bond donors (Lipinski definition) is 1. The van der Waals surface area contributed by atoms with Crippen molar-refractivity contribution in [2.75, 3.05) is 26.3 Å². The Balaban J connectivity index is 1.86. The molecule has 0 spiro atoms. The second-order valence-corrected chi connectivity index (χ2v) is 6.31. The minimum absolute atomic E-state index is 0.336. The van der Waals surface area contributed by atoms with Gasteiger partial charge in [-0.25, -0.2) is 0 Å². The zero-order valence-corrected chi connectivity index (χ0v) is 13.0. The maximum Gasteiger partial charge on any atom is 0.0619 e. The van der Waals surface area contributed by atoms with E-state index in [2.05, 4.69) is 42.3 Å². The van der Waals surface area contributed by atoms with E-state index in [4.69, 9.17) is 16.3 Å². The summed E-state index contributed by atoms with van der Waals surface area (Å²) in [5.41, 5.74) is 2.40. The molecule has 4 heteroatoms. The van der Waals surface area contributed by atoms with E-state index >= 15 is 0 Å². The average molecular weight is 295 g/mol. The molecule has 0 aliphatic carbocycles. The van der Waals surface area contributed by atoms with Crippen LogP contribution >= 0.6 is 11.6 Å². The Hall–Kier alpha value is -0.610. The van der Waals surface area contributed by atoms with Gasteiger partial charge in [0.15, 0.2) is 0 Å². The summed E-state index contributed by atoms with van der Waals surface area (Å²) in [6.07, 6.45) is 1.18. The molecule has 0 aromatic heterocycles. The fraction of sp³-hybridized carbons (Fsp3) is 0.625. The van der Waals surface area contributed by atoms with Crippen molar-refractivity contribution >= 4 is 11.6 Å². The number of rotatable bonds is 2. The van der Waals surface area contributed by atoms with Gasteiger partial charge in [0.1, 0.15) is 0 Å². The molecule has 2 aliphatic rings. The topological polar surface area (TPSA) is 24.5 Å². The fourth-order valence-corrected chi connectivity index (χ4v) is 3.75. The number of halogens is 1. The van der Waals surface area contributed by atoms with Crippen LogP contribution < -0.4 is 5.32 Å². The van der Waals surface area contributed by atoms with E-state index < -0.39 is 0 Å². The zero-order valence-electron chi connectivity index (χ0n) is 12.2. The van der Waals surface area contributed by atoms with E-state index in [1.54, 1.807) is 0 Å². The summed E-state index contributed by atoms with van der Waals surface area (Å²) in [4.78, 5) is 2.59. The third-order valence-corrected chi connectivity index (χ3v) is 5.11. The Morgan fingerprint density at radius 3 is 3.05 bits per heavy atom. The Bertz CT molecular complexity index is 480. The SMILES string of the molecule is Cc1cccc([C@H]2NCC[C@H]2N2CCOCC2C)c1Cl. The lowest BCUT2D eigenvalue weighted by Gasteiger charge is -2.40. The third kappa shape index (κ3) is 2.60. The van der Waals surface area contributed by atoms with Crippen molar-refractivity contribution in [2.24, 2.45) is 0 Å². The van der Waals surface area contributed by atoms with E-state index in [-0.39, 0.29) is 0 Å². The van der Waals surface area contributed by atoms with Gasteiger partial charge in [-0.1, -0.05) is 29.8 Å². The summed E-state index contributed by atoms with van der Waals surface area (Å²) >= 11 is 6.53.